The minimum Gasteiger partial charge on any atom is -0.301 e. The summed E-state index contributed by atoms with van der Waals surface area (Å²) in [6.07, 6.45) is 2.08. The molecule has 0 fully saturated rings. The zero-order valence-electron chi connectivity index (χ0n) is 9.71. The molecule has 9 heteroatoms. The summed E-state index contributed by atoms with van der Waals surface area (Å²) in [4.78, 5) is 29.0. The highest BCUT2D eigenvalue weighted by molar-refractivity contribution is 6.29. The van der Waals surface area contributed by atoms with Gasteiger partial charge in [-0.3, -0.25) is 19.9 Å². The number of carbonyl (C=O) groups is 1. The smallest absolute Gasteiger partial charge is 0.301 e. The molecule has 2 aromatic rings. The van der Waals surface area contributed by atoms with Crippen molar-refractivity contribution in [3.8, 4) is 0 Å². The van der Waals surface area contributed by atoms with Crippen LogP contribution in [0, 0.1) is 15.9 Å². The fourth-order valence-electron chi connectivity index (χ4n) is 1.40. The van der Waals surface area contributed by atoms with Gasteiger partial charge in [0, 0.05) is 12.3 Å². The van der Waals surface area contributed by atoms with Crippen LogP contribution in [0.15, 0.2) is 30.6 Å². The van der Waals surface area contributed by atoms with Crippen molar-refractivity contribution in [3.63, 3.8) is 0 Å². The third-order valence-corrected chi connectivity index (χ3v) is 2.50. The Morgan fingerprint density at radius 1 is 1.40 bits per heavy atom. The molecule has 0 aliphatic carbocycles. The standard InChI is InChI=1S/C11H6ClFN4O3/c12-9-2-1-8(17(19)20)10(15-9)16-11(18)6-3-4-14-5-7(6)13/h1-5H,(H,15,16,18). The second-order valence-corrected chi connectivity index (χ2v) is 3.96. The predicted molar refractivity (Wildman–Crippen MR) is 68.0 cm³/mol. The average molecular weight is 297 g/mol. The van der Waals surface area contributed by atoms with E-state index in [1.54, 1.807) is 0 Å². The highest BCUT2D eigenvalue weighted by Crippen LogP contribution is 2.24. The SMILES string of the molecule is O=C(Nc1nc(Cl)ccc1[N+](=O)[O-])c1ccncc1F. The van der Waals surface area contributed by atoms with Gasteiger partial charge >= 0.3 is 5.69 Å². The first-order chi connectivity index (χ1) is 9.49. The lowest BCUT2D eigenvalue weighted by Crippen LogP contribution is -2.16. The van der Waals surface area contributed by atoms with Crippen molar-refractivity contribution < 1.29 is 14.1 Å². The lowest BCUT2D eigenvalue weighted by molar-refractivity contribution is -0.384. The maximum atomic E-state index is 13.4. The molecule has 0 unspecified atom stereocenters. The second-order valence-electron chi connectivity index (χ2n) is 3.57. The van der Waals surface area contributed by atoms with Gasteiger partial charge in [0.2, 0.25) is 5.82 Å². The molecule has 2 rings (SSSR count). The molecule has 1 N–H and O–H groups in total. The first-order valence-corrected chi connectivity index (χ1v) is 5.58. The number of hydrogen-bond acceptors (Lipinski definition) is 5. The number of pyridine rings is 2. The number of anilines is 1. The Bertz CT molecular complexity index is 695. The van der Waals surface area contributed by atoms with Crippen molar-refractivity contribution in [2.45, 2.75) is 0 Å². The number of aromatic nitrogens is 2. The van der Waals surface area contributed by atoms with Crippen LogP contribution in [0.2, 0.25) is 5.15 Å². The van der Waals surface area contributed by atoms with Crippen molar-refractivity contribution >= 4 is 29.0 Å². The minimum atomic E-state index is -0.886. The van der Waals surface area contributed by atoms with Gasteiger partial charge in [-0.15, -0.1) is 0 Å². The molecule has 7 nitrogen and oxygen atoms in total. The van der Waals surface area contributed by atoms with Gasteiger partial charge in [-0.1, -0.05) is 11.6 Å². The number of amides is 1. The second kappa shape index (κ2) is 5.57. The fraction of sp³-hybridized carbons (Fsp3) is 0. The number of nitrogens with zero attached hydrogens (tertiary/aromatic N) is 3. The summed E-state index contributed by atoms with van der Waals surface area (Å²) in [5, 5.41) is 12.9. The largest absolute Gasteiger partial charge is 0.311 e. The Morgan fingerprint density at radius 3 is 2.80 bits per heavy atom. The van der Waals surface area contributed by atoms with E-state index in [1.807, 2.05) is 0 Å². The summed E-state index contributed by atoms with van der Waals surface area (Å²) < 4.78 is 13.4. The number of nitrogens with one attached hydrogen (secondary N) is 1. The van der Waals surface area contributed by atoms with Crippen molar-refractivity contribution in [1.82, 2.24) is 9.97 Å². The third kappa shape index (κ3) is 2.86. The van der Waals surface area contributed by atoms with Gasteiger partial charge in [0.15, 0.2) is 5.82 Å². The maximum absolute atomic E-state index is 13.4. The van der Waals surface area contributed by atoms with Crippen molar-refractivity contribution in [3.05, 3.63) is 57.2 Å². The Balaban J connectivity index is 2.35. The fourth-order valence-corrected chi connectivity index (χ4v) is 1.55. The van der Waals surface area contributed by atoms with Gasteiger partial charge in [0.05, 0.1) is 16.7 Å². The van der Waals surface area contributed by atoms with E-state index in [2.05, 4.69) is 15.3 Å². The minimum absolute atomic E-state index is 0.0406. The summed E-state index contributed by atoms with van der Waals surface area (Å²) in [5.74, 6) is -2.10. The molecule has 2 aromatic heterocycles. The van der Waals surface area contributed by atoms with Crippen LogP contribution in [0.3, 0.4) is 0 Å². The lowest BCUT2D eigenvalue weighted by atomic mass is 10.2. The molecular formula is C11H6ClFN4O3. The van der Waals surface area contributed by atoms with E-state index in [1.165, 1.54) is 12.3 Å². The Hall–Kier alpha value is -2.61. The number of rotatable bonds is 3. The van der Waals surface area contributed by atoms with E-state index >= 15 is 0 Å². The molecule has 102 valence electrons. The van der Waals surface area contributed by atoms with Gasteiger partial charge in [-0.05, 0) is 12.1 Å². The van der Waals surface area contributed by atoms with Crippen LogP contribution in [0.1, 0.15) is 10.4 Å². The molecule has 20 heavy (non-hydrogen) atoms. The molecule has 2 heterocycles. The van der Waals surface area contributed by atoms with E-state index in [4.69, 9.17) is 11.6 Å². The maximum Gasteiger partial charge on any atom is 0.311 e. The molecule has 0 spiro atoms. The quantitative estimate of drug-likeness (QED) is 0.533. The van der Waals surface area contributed by atoms with Crippen LogP contribution in [0.4, 0.5) is 15.9 Å². The summed E-state index contributed by atoms with van der Waals surface area (Å²) in [7, 11) is 0. The highest BCUT2D eigenvalue weighted by Gasteiger charge is 2.20. The van der Waals surface area contributed by atoms with E-state index < -0.39 is 22.3 Å². The Morgan fingerprint density at radius 2 is 2.15 bits per heavy atom. The van der Waals surface area contributed by atoms with Gasteiger partial charge in [0.25, 0.3) is 5.91 Å². The Kier molecular flexibility index (Phi) is 3.85. The molecule has 0 aliphatic heterocycles. The molecule has 0 saturated carbocycles. The zero-order valence-corrected chi connectivity index (χ0v) is 10.5. The van der Waals surface area contributed by atoms with E-state index in [-0.39, 0.29) is 16.5 Å². The molecule has 0 aromatic carbocycles. The number of hydrogen-bond donors (Lipinski definition) is 1. The monoisotopic (exact) mass is 296 g/mol. The van der Waals surface area contributed by atoms with Crippen LogP contribution in [0.25, 0.3) is 0 Å². The number of nitro groups is 1. The van der Waals surface area contributed by atoms with E-state index in [0.29, 0.717) is 0 Å². The summed E-state index contributed by atoms with van der Waals surface area (Å²) >= 11 is 5.61. The van der Waals surface area contributed by atoms with Crippen molar-refractivity contribution in [1.29, 1.82) is 0 Å². The van der Waals surface area contributed by atoms with Crippen molar-refractivity contribution in [2.24, 2.45) is 0 Å². The molecule has 0 atom stereocenters. The normalized spacial score (nSPS) is 10.1. The summed E-state index contributed by atoms with van der Waals surface area (Å²) in [6, 6.07) is 3.44. The molecular weight excluding hydrogens is 291 g/mol. The van der Waals surface area contributed by atoms with Gasteiger partial charge < -0.3 is 5.32 Å². The van der Waals surface area contributed by atoms with E-state index in [0.717, 1.165) is 18.3 Å². The van der Waals surface area contributed by atoms with Crippen LogP contribution in [-0.4, -0.2) is 20.8 Å². The van der Waals surface area contributed by atoms with Crippen molar-refractivity contribution in [2.75, 3.05) is 5.32 Å². The molecule has 0 radical (unpaired) electrons. The first-order valence-electron chi connectivity index (χ1n) is 5.21. The molecule has 0 bridgehead atoms. The Labute approximate surface area is 116 Å². The zero-order chi connectivity index (χ0) is 14.7. The van der Waals surface area contributed by atoms with Crippen LogP contribution >= 0.6 is 11.6 Å². The highest BCUT2D eigenvalue weighted by atomic mass is 35.5. The van der Waals surface area contributed by atoms with Gasteiger partial charge in [-0.25, -0.2) is 9.37 Å². The summed E-state index contributed by atoms with van der Waals surface area (Å²) in [6.45, 7) is 0. The molecule has 1 amide bonds. The average Bonchev–Trinajstić information content (AvgIpc) is 2.38. The predicted octanol–water partition coefficient (Wildman–Crippen LogP) is 2.43. The van der Waals surface area contributed by atoms with E-state index in [9.17, 15) is 19.3 Å². The van der Waals surface area contributed by atoms with Crippen LogP contribution in [0.5, 0.6) is 0 Å². The number of halogens is 2. The van der Waals surface area contributed by atoms with Crippen LogP contribution < -0.4 is 5.32 Å². The third-order valence-electron chi connectivity index (χ3n) is 2.29. The molecule has 0 saturated heterocycles. The van der Waals surface area contributed by atoms with Crippen LogP contribution in [-0.2, 0) is 0 Å². The lowest BCUT2D eigenvalue weighted by Gasteiger charge is -2.05. The summed E-state index contributed by atoms with van der Waals surface area (Å²) in [5.41, 5.74) is -0.756. The van der Waals surface area contributed by atoms with Gasteiger partial charge in [0.1, 0.15) is 5.15 Å². The molecule has 0 aliphatic rings. The number of carbonyl (C=O) groups excluding carboxylic acids is 1. The first kappa shape index (κ1) is 13.8. The van der Waals surface area contributed by atoms with Gasteiger partial charge in [-0.2, -0.15) is 0 Å². The topological polar surface area (TPSA) is 98.0 Å².